The van der Waals surface area contributed by atoms with Gasteiger partial charge in [0.2, 0.25) is 0 Å². The van der Waals surface area contributed by atoms with Gasteiger partial charge in [-0.3, -0.25) is 29.2 Å². The van der Waals surface area contributed by atoms with Gasteiger partial charge in [0, 0.05) is 52.4 Å². The highest BCUT2D eigenvalue weighted by Gasteiger charge is 2.37. The molecule has 0 radical (unpaired) electrons. The van der Waals surface area contributed by atoms with Crippen LogP contribution >= 0.6 is 0 Å². The summed E-state index contributed by atoms with van der Waals surface area (Å²) in [6.07, 6.45) is -1.59. The van der Waals surface area contributed by atoms with E-state index in [1.165, 1.54) is 0 Å². The van der Waals surface area contributed by atoms with Gasteiger partial charge >= 0.3 is 11.9 Å². The lowest BCUT2D eigenvalue weighted by Gasteiger charge is -2.39. The van der Waals surface area contributed by atoms with Crippen LogP contribution in [0.3, 0.4) is 0 Å². The number of carbonyl (C=O) groups is 2. The summed E-state index contributed by atoms with van der Waals surface area (Å²) in [4.78, 5) is 34.6. The molecule has 3 rings (SSSR count). The molecule has 14 heteroatoms. The van der Waals surface area contributed by atoms with Gasteiger partial charge in [-0.2, -0.15) is 0 Å². The molecule has 0 aliphatic carbocycles. The van der Waals surface area contributed by atoms with Crippen molar-refractivity contribution in [2.45, 2.75) is 116 Å². The van der Waals surface area contributed by atoms with Crippen molar-refractivity contribution < 1.29 is 48.2 Å². The summed E-state index contributed by atoms with van der Waals surface area (Å²) in [6.45, 7) is 23.5. The molecule has 0 amide bonds. The zero-order valence-electron chi connectivity index (χ0n) is 31.2. The molecule has 0 spiro atoms. The van der Waals surface area contributed by atoms with Crippen LogP contribution in [0.2, 0.25) is 0 Å². The maximum atomic E-state index is 13.1. The smallest absolute Gasteiger partial charge is 0.320 e. The molecule has 280 valence electrons. The average Bonchev–Trinajstić information content (AvgIpc) is 3.15. The molecule has 4 unspecified atom stereocenters. The number of ether oxygens (including phenoxy) is 6. The van der Waals surface area contributed by atoms with Crippen LogP contribution in [0.1, 0.15) is 69.2 Å². The molecule has 0 bridgehead atoms. The van der Waals surface area contributed by atoms with Gasteiger partial charge in [0.15, 0.2) is 11.6 Å². The molecule has 0 aromatic rings. The standard InChI is InChI=1S/C34H64N4O10/c1-31(2,3)47-29(41)19-35-11-15-37(25-21-43-33(7,8)45-23-27(25)39)17-13-36(20-30(42)48-32(4,5)6)14-18-38(16-12-35)26-22-44-34(9,10)46-24-28(26)40/h25-28,39-40H,11-24H2,1-10H3. The SMILES string of the molecule is CC(C)(C)OC(=O)CN1CCN(C2COC(C)(C)OCC2O)CCN(CC(=O)OC(C)(C)C)CCN(C2COC(C)(C)OCC2O)CC1. The Labute approximate surface area is 287 Å². The molecule has 3 aliphatic rings. The highest BCUT2D eigenvalue weighted by atomic mass is 16.7. The zero-order chi connectivity index (χ0) is 35.9. The van der Waals surface area contributed by atoms with Crippen LogP contribution in [0, 0.1) is 0 Å². The van der Waals surface area contributed by atoms with E-state index in [0.717, 1.165) is 0 Å². The minimum absolute atomic E-state index is 0.0867. The van der Waals surface area contributed by atoms with E-state index in [1.54, 1.807) is 0 Å². The van der Waals surface area contributed by atoms with Crippen LogP contribution in [0.4, 0.5) is 0 Å². The van der Waals surface area contributed by atoms with Crippen molar-refractivity contribution in [3.8, 4) is 0 Å². The van der Waals surface area contributed by atoms with E-state index >= 15 is 0 Å². The fourth-order valence-corrected chi connectivity index (χ4v) is 5.99. The normalized spacial score (nSPS) is 29.9. The highest BCUT2D eigenvalue weighted by Crippen LogP contribution is 2.23. The number of aliphatic hydroxyl groups excluding tert-OH is 2. The predicted molar refractivity (Wildman–Crippen MR) is 179 cm³/mol. The maximum absolute atomic E-state index is 13.1. The molecule has 0 saturated carbocycles. The number of carbonyl (C=O) groups excluding carboxylic acids is 2. The third kappa shape index (κ3) is 14.4. The van der Waals surface area contributed by atoms with Gasteiger partial charge in [0.05, 0.1) is 63.8 Å². The van der Waals surface area contributed by atoms with E-state index in [4.69, 9.17) is 28.4 Å². The number of rotatable bonds is 6. The fourth-order valence-electron chi connectivity index (χ4n) is 5.99. The van der Waals surface area contributed by atoms with Crippen LogP contribution in [0.25, 0.3) is 0 Å². The van der Waals surface area contributed by atoms with E-state index in [0.29, 0.717) is 52.4 Å². The topological polar surface area (TPSA) is 143 Å². The molecule has 48 heavy (non-hydrogen) atoms. The largest absolute Gasteiger partial charge is 0.459 e. The number of hydrogen-bond acceptors (Lipinski definition) is 14. The van der Waals surface area contributed by atoms with Gasteiger partial charge in [0.25, 0.3) is 0 Å². The first-order valence-corrected chi connectivity index (χ1v) is 17.4. The van der Waals surface area contributed by atoms with Crippen LogP contribution in [-0.2, 0) is 38.0 Å². The average molecular weight is 689 g/mol. The molecule has 4 atom stereocenters. The second-order valence-corrected chi connectivity index (χ2v) is 16.1. The third-order valence-corrected chi connectivity index (χ3v) is 8.59. The van der Waals surface area contributed by atoms with Gasteiger partial charge in [-0.05, 0) is 69.2 Å². The molecule has 3 saturated heterocycles. The van der Waals surface area contributed by atoms with Crippen molar-refractivity contribution in [3.05, 3.63) is 0 Å². The van der Waals surface area contributed by atoms with Crippen LogP contribution in [-0.4, -0.2) is 181 Å². The molecule has 2 N–H and O–H groups in total. The Bertz CT molecular complexity index is 934. The summed E-state index contributed by atoms with van der Waals surface area (Å²) in [5.74, 6) is -2.30. The van der Waals surface area contributed by atoms with Gasteiger partial charge < -0.3 is 38.6 Å². The summed E-state index contributed by atoms with van der Waals surface area (Å²) >= 11 is 0. The second-order valence-electron chi connectivity index (χ2n) is 16.1. The maximum Gasteiger partial charge on any atom is 0.320 e. The lowest BCUT2D eigenvalue weighted by atomic mass is 10.1. The fraction of sp³-hybridized carbons (Fsp3) is 0.941. The quantitative estimate of drug-likeness (QED) is 0.382. The molecule has 0 aromatic heterocycles. The van der Waals surface area contributed by atoms with Gasteiger partial charge in [-0.25, -0.2) is 0 Å². The number of aliphatic hydroxyl groups is 2. The van der Waals surface area contributed by atoms with E-state index in [-0.39, 0.29) is 63.5 Å². The monoisotopic (exact) mass is 688 g/mol. The minimum Gasteiger partial charge on any atom is -0.459 e. The lowest BCUT2D eigenvalue weighted by molar-refractivity contribution is -0.204. The molecule has 3 heterocycles. The molecule has 0 aromatic carbocycles. The molecule has 14 nitrogen and oxygen atoms in total. The molecular weight excluding hydrogens is 624 g/mol. The number of nitrogens with zero attached hydrogens (tertiary/aromatic N) is 4. The Morgan fingerprint density at radius 3 is 1.17 bits per heavy atom. The van der Waals surface area contributed by atoms with Crippen LogP contribution in [0.15, 0.2) is 0 Å². The zero-order valence-corrected chi connectivity index (χ0v) is 31.2. The van der Waals surface area contributed by atoms with Crippen molar-refractivity contribution in [2.24, 2.45) is 0 Å². The minimum atomic E-state index is -0.830. The number of hydrogen-bond donors (Lipinski definition) is 2. The van der Waals surface area contributed by atoms with Crippen LogP contribution in [0.5, 0.6) is 0 Å². The second kappa shape index (κ2) is 17.2. The summed E-state index contributed by atoms with van der Waals surface area (Å²) in [5.41, 5.74) is -1.25. The lowest BCUT2D eigenvalue weighted by Crippen LogP contribution is -2.56. The Balaban J connectivity index is 1.90. The molecule has 3 aliphatic heterocycles. The van der Waals surface area contributed by atoms with Crippen molar-refractivity contribution in [2.75, 3.05) is 91.9 Å². The van der Waals surface area contributed by atoms with Crippen LogP contribution < -0.4 is 0 Å². The first-order valence-electron chi connectivity index (χ1n) is 17.4. The third-order valence-electron chi connectivity index (χ3n) is 8.59. The predicted octanol–water partition coefficient (Wildman–Crippen LogP) is 0.916. The van der Waals surface area contributed by atoms with Crippen molar-refractivity contribution in [1.29, 1.82) is 0 Å². The van der Waals surface area contributed by atoms with E-state index in [2.05, 4.69) is 19.6 Å². The summed E-state index contributed by atoms with van der Waals surface area (Å²) in [5, 5.41) is 22.4. The van der Waals surface area contributed by atoms with Gasteiger partial charge in [-0.1, -0.05) is 0 Å². The highest BCUT2D eigenvalue weighted by molar-refractivity contribution is 5.72. The molecule has 3 fully saturated rings. The van der Waals surface area contributed by atoms with E-state index in [9.17, 15) is 19.8 Å². The first-order chi connectivity index (χ1) is 22.1. The Morgan fingerprint density at radius 2 is 0.875 bits per heavy atom. The number of esters is 2. The Kier molecular flexibility index (Phi) is 14.7. The van der Waals surface area contributed by atoms with Crippen molar-refractivity contribution >= 4 is 11.9 Å². The van der Waals surface area contributed by atoms with Crippen molar-refractivity contribution in [1.82, 2.24) is 19.6 Å². The summed E-state index contributed by atoms with van der Waals surface area (Å²) in [6, 6.07) is -0.723. The summed E-state index contributed by atoms with van der Waals surface area (Å²) in [7, 11) is 0. The van der Waals surface area contributed by atoms with Gasteiger partial charge in [-0.15, -0.1) is 0 Å². The van der Waals surface area contributed by atoms with Crippen molar-refractivity contribution in [3.63, 3.8) is 0 Å². The Hall–Kier alpha value is -1.46. The first kappa shape index (κ1) is 41.0. The van der Waals surface area contributed by atoms with E-state index < -0.39 is 35.0 Å². The van der Waals surface area contributed by atoms with Gasteiger partial charge in [0.1, 0.15) is 11.2 Å². The Morgan fingerprint density at radius 1 is 0.583 bits per heavy atom. The van der Waals surface area contributed by atoms with E-state index in [1.807, 2.05) is 69.2 Å². The molecular formula is C34H64N4O10. The summed E-state index contributed by atoms with van der Waals surface area (Å²) < 4.78 is 35.1.